The normalized spacial score (nSPS) is 20.0. The van der Waals surface area contributed by atoms with Gasteiger partial charge in [0.1, 0.15) is 0 Å². The Morgan fingerprint density at radius 1 is 1.50 bits per heavy atom. The van der Waals surface area contributed by atoms with E-state index in [4.69, 9.17) is 0 Å². The number of carbonyl (C=O) groups is 2. The van der Waals surface area contributed by atoms with Crippen molar-refractivity contribution < 1.29 is 9.59 Å². The highest BCUT2D eigenvalue weighted by atomic mass is 32.1. The zero-order valence-corrected chi connectivity index (χ0v) is 11.5. The Balaban J connectivity index is 2.00. The first-order valence-corrected chi connectivity index (χ1v) is 6.98. The molecule has 0 bridgehead atoms. The molecule has 2 heterocycles. The maximum absolute atomic E-state index is 12.1. The van der Waals surface area contributed by atoms with E-state index in [0.717, 1.165) is 29.1 Å². The first-order valence-electron chi connectivity index (χ1n) is 6.17. The summed E-state index contributed by atoms with van der Waals surface area (Å²) in [4.78, 5) is 27.7. The number of likely N-dealkylation sites (tertiary alicyclic amines) is 1. The molecule has 98 valence electrons. The minimum atomic E-state index is -0.139. The van der Waals surface area contributed by atoms with E-state index in [1.807, 2.05) is 24.0 Å². The van der Waals surface area contributed by atoms with Crippen molar-refractivity contribution in [2.75, 3.05) is 20.1 Å². The lowest BCUT2D eigenvalue weighted by atomic mass is 10.2. The van der Waals surface area contributed by atoms with E-state index in [1.54, 1.807) is 7.05 Å². The number of aryl methyl sites for hydroxylation is 1. The standard InChI is InChI=1S/C13H18N2O2S/c1-9-5-6-12(18-9)11(16)8-15-7-3-4-10(15)13(17)14-2/h5-6,10H,3-4,7-8H2,1-2H3,(H,14,17). The van der Waals surface area contributed by atoms with Crippen molar-refractivity contribution in [2.24, 2.45) is 0 Å². The first kappa shape index (κ1) is 13.2. The highest BCUT2D eigenvalue weighted by Gasteiger charge is 2.31. The molecule has 1 amide bonds. The number of hydrogen-bond acceptors (Lipinski definition) is 4. The van der Waals surface area contributed by atoms with Crippen LogP contribution < -0.4 is 5.32 Å². The number of carbonyl (C=O) groups excluding carboxylic acids is 2. The number of nitrogens with one attached hydrogen (secondary N) is 1. The van der Waals surface area contributed by atoms with Crippen LogP contribution in [0.2, 0.25) is 0 Å². The van der Waals surface area contributed by atoms with Crippen molar-refractivity contribution in [3.05, 3.63) is 21.9 Å². The number of ketones is 1. The van der Waals surface area contributed by atoms with Crippen molar-refractivity contribution >= 4 is 23.0 Å². The van der Waals surface area contributed by atoms with Gasteiger partial charge in [-0.15, -0.1) is 11.3 Å². The summed E-state index contributed by atoms with van der Waals surface area (Å²) in [6.45, 7) is 3.16. The average Bonchev–Trinajstić information content (AvgIpc) is 2.97. The van der Waals surface area contributed by atoms with Crippen molar-refractivity contribution in [3.8, 4) is 0 Å². The molecule has 1 saturated heterocycles. The van der Waals surface area contributed by atoms with E-state index in [1.165, 1.54) is 11.3 Å². The van der Waals surface area contributed by atoms with Gasteiger partial charge in [0.15, 0.2) is 5.78 Å². The molecular weight excluding hydrogens is 248 g/mol. The molecule has 5 heteroatoms. The van der Waals surface area contributed by atoms with E-state index in [0.29, 0.717) is 6.54 Å². The molecule has 1 unspecified atom stereocenters. The van der Waals surface area contributed by atoms with Crippen LogP contribution in [0.25, 0.3) is 0 Å². The number of Topliss-reactive ketones (excluding diaryl/α,β-unsaturated/α-hetero) is 1. The minimum Gasteiger partial charge on any atom is -0.358 e. The van der Waals surface area contributed by atoms with Gasteiger partial charge in [0.05, 0.1) is 17.5 Å². The fraction of sp³-hybridized carbons (Fsp3) is 0.538. The van der Waals surface area contributed by atoms with Gasteiger partial charge in [0.2, 0.25) is 5.91 Å². The predicted octanol–water partition coefficient (Wildman–Crippen LogP) is 1.45. The van der Waals surface area contributed by atoms with Gasteiger partial charge in [-0.2, -0.15) is 0 Å². The second-order valence-electron chi connectivity index (χ2n) is 4.58. The van der Waals surface area contributed by atoms with Gasteiger partial charge in [-0.25, -0.2) is 0 Å². The Bertz CT molecular complexity index is 456. The molecule has 1 atom stereocenters. The molecule has 0 aromatic carbocycles. The van der Waals surface area contributed by atoms with Crippen LogP contribution in [0.15, 0.2) is 12.1 Å². The molecule has 0 saturated carbocycles. The van der Waals surface area contributed by atoms with Gasteiger partial charge in [0, 0.05) is 11.9 Å². The van der Waals surface area contributed by atoms with Crippen molar-refractivity contribution in [3.63, 3.8) is 0 Å². The number of amides is 1. The molecule has 0 spiro atoms. The zero-order valence-electron chi connectivity index (χ0n) is 10.7. The molecular formula is C13H18N2O2S. The van der Waals surface area contributed by atoms with E-state index >= 15 is 0 Å². The SMILES string of the molecule is CNC(=O)C1CCCN1CC(=O)c1ccc(C)s1. The van der Waals surface area contributed by atoms with Crippen molar-refractivity contribution in [2.45, 2.75) is 25.8 Å². The van der Waals surface area contributed by atoms with Crippen LogP contribution in [0.1, 0.15) is 27.4 Å². The molecule has 1 aliphatic heterocycles. The van der Waals surface area contributed by atoms with E-state index in [2.05, 4.69) is 5.32 Å². The minimum absolute atomic E-state index is 0.0164. The van der Waals surface area contributed by atoms with Gasteiger partial charge < -0.3 is 5.32 Å². The molecule has 0 radical (unpaired) electrons. The van der Waals surface area contributed by atoms with Crippen LogP contribution in [0, 0.1) is 6.92 Å². The Labute approximate surface area is 111 Å². The fourth-order valence-corrected chi connectivity index (χ4v) is 3.12. The number of rotatable bonds is 4. The third-order valence-electron chi connectivity index (χ3n) is 3.27. The molecule has 4 nitrogen and oxygen atoms in total. The summed E-state index contributed by atoms with van der Waals surface area (Å²) < 4.78 is 0. The Hall–Kier alpha value is -1.20. The monoisotopic (exact) mass is 266 g/mol. The maximum atomic E-state index is 12.1. The van der Waals surface area contributed by atoms with Crippen LogP contribution in [-0.2, 0) is 4.79 Å². The lowest BCUT2D eigenvalue weighted by molar-refractivity contribution is -0.124. The quantitative estimate of drug-likeness (QED) is 0.839. The summed E-state index contributed by atoms with van der Waals surface area (Å²) in [7, 11) is 1.64. The highest BCUT2D eigenvalue weighted by molar-refractivity contribution is 7.14. The molecule has 2 rings (SSSR count). The molecule has 1 aliphatic rings. The lowest BCUT2D eigenvalue weighted by Gasteiger charge is -2.21. The van der Waals surface area contributed by atoms with Gasteiger partial charge in [0.25, 0.3) is 0 Å². The Morgan fingerprint density at radius 3 is 2.89 bits per heavy atom. The maximum Gasteiger partial charge on any atom is 0.237 e. The van der Waals surface area contributed by atoms with Crippen LogP contribution in [0.3, 0.4) is 0 Å². The number of likely N-dealkylation sites (N-methyl/N-ethyl adjacent to an activating group) is 1. The van der Waals surface area contributed by atoms with E-state index < -0.39 is 0 Å². The molecule has 0 aliphatic carbocycles. The van der Waals surface area contributed by atoms with Crippen molar-refractivity contribution in [1.29, 1.82) is 0 Å². The van der Waals surface area contributed by atoms with Gasteiger partial charge in [-0.1, -0.05) is 0 Å². The Kier molecular flexibility index (Phi) is 4.14. The topological polar surface area (TPSA) is 49.4 Å². The summed E-state index contributed by atoms with van der Waals surface area (Å²) in [5, 5.41) is 2.66. The zero-order chi connectivity index (χ0) is 13.1. The molecule has 1 aromatic rings. The summed E-state index contributed by atoms with van der Waals surface area (Å²) in [5.41, 5.74) is 0. The fourth-order valence-electron chi connectivity index (χ4n) is 2.33. The van der Waals surface area contributed by atoms with Gasteiger partial charge >= 0.3 is 0 Å². The summed E-state index contributed by atoms with van der Waals surface area (Å²) in [6.07, 6.45) is 1.82. The van der Waals surface area contributed by atoms with Crippen LogP contribution >= 0.6 is 11.3 Å². The smallest absolute Gasteiger partial charge is 0.237 e. The van der Waals surface area contributed by atoms with Crippen LogP contribution in [0.5, 0.6) is 0 Å². The van der Waals surface area contributed by atoms with E-state index in [9.17, 15) is 9.59 Å². The molecule has 1 fully saturated rings. The molecule has 1 aromatic heterocycles. The van der Waals surface area contributed by atoms with Crippen molar-refractivity contribution in [1.82, 2.24) is 10.2 Å². The second kappa shape index (κ2) is 5.63. The summed E-state index contributed by atoms with van der Waals surface area (Å²) in [6, 6.07) is 3.69. The third kappa shape index (κ3) is 2.79. The van der Waals surface area contributed by atoms with Crippen LogP contribution in [0.4, 0.5) is 0 Å². The number of thiophene rings is 1. The lowest BCUT2D eigenvalue weighted by Crippen LogP contribution is -2.43. The average molecular weight is 266 g/mol. The molecule has 1 N–H and O–H groups in total. The van der Waals surface area contributed by atoms with Gasteiger partial charge in [-0.3, -0.25) is 14.5 Å². The number of hydrogen-bond donors (Lipinski definition) is 1. The number of nitrogens with zero attached hydrogens (tertiary/aromatic N) is 1. The van der Waals surface area contributed by atoms with Crippen LogP contribution in [-0.4, -0.2) is 42.8 Å². The molecule has 18 heavy (non-hydrogen) atoms. The predicted molar refractivity (Wildman–Crippen MR) is 72.0 cm³/mol. The largest absolute Gasteiger partial charge is 0.358 e. The third-order valence-corrected chi connectivity index (χ3v) is 4.32. The summed E-state index contributed by atoms with van der Waals surface area (Å²) >= 11 is 1.52. The summed E-state index contributed by atoms with van der Waals surface area (Å²) in [5.74, 6) is 0.131. The Morgan fingerprint density at radius 2 is 2.28 bits per heavy atom. The highest BCUT2D eigenvalue weighted by Crippen LogP contribution is 2.20. The second-order valence-corrected chi connectivity index (χ2v) is 5.86. The first-order chi connectivity index (χ1) is 8.61. The van der Waals surface area contributed by atoms with E-state index in [-0.39, 0.29) is 17.7 Å². The van der Waals surface area contributed by atoms with Gasteiger partial charge in [-0.05, 0) is 38.4 Å².